The van der Waals surface area contributed by atoms with Crippen LogP contribution in [-0.4, -0.2) is 30.3 Å². The van der Waals surface area contributed by atoms with Crippen molar-refractivity contribution in [1.29, 1.82) is 0 Å². The Morgan fingerprint density at radius 2 is 2.17 bits per heavy atom. The summed E-state index contributed by atoms with van der Waals surface area (Å²) < 4.78 is 5.50. The molecule has 0 bridgehead atoms. The Morgan fingerprint density at radius 1 is 1.44 bits per heavy atom. The molecular formula is C14H21NO3. The highest BCUT2D eigenvalue weighted by Crippen LogP contribution is 2.19. The Hall–Kier alpha value is -1.55. The quantitative estimate of drug-likeness (QED) is 0.772. The van der Waals surface area contributed by atoms with E-state index in [4.69, 9.17) is 9.84 Å². The molecule has 0 aromatic heterocycles. The van der Waals surface area contributed by atoms with Crippen molar-refractivity contribution in [2.24, 2.45) is 0 Å². The predicted octanol–water partition coefficient (Wildman–Crippen LogP) is 1.51. The molecule has 0 heterocycles. The van der Waals surface area contributed by atoms with Crippen molar-refractivity contribution in [2.45, 2.75) is 32.8 Å². The van der Waals surface area contributed by atoms with Gasteiger partial charge in [0.2, 0.25) is 5.91 Å². The third-order valence-electron chi connectivity index (χ3n) is 2.49. The van der Waals surface area contributed by atoms with Gasteiger partial charge in [0.25, 0.3) is 0 Å². The Kier molecular flexibility index (Phi) is 6.22. The van der Waals surface area contributed by atoms with E-state index in [2.05, 4.69) is 5.32 Å². The molecule has 1 aromatic carbocycles. The highest BCUT2D eigenvalue weighted by molar-refractivity contribution is 5.76. The molecule has 0 saturated heterocycles. The molecule has 0 aliphatic heterocycles. The molecule has 0 aliphatic carbocycles. The molecule has 1 amide bonds. The first-order chi connectivity index (χ1) is 8.63. The smallest absolute Gasteiger partial charge is 0.220 e. The van der Waals surface area contributed by atoms with Crippen molar-refractivity contribution < 1.29 is 14.6 Å². The summed E-state index contributed by atoms with van der Waals surface area (Å²) in [4.78, 5) is 11.5. The van der Waals surface area contributed by atoms with Gasteiger partial charge < -0.3 is 15.2 Å². The molecule has 0 radical (unpaired) electrons. The lowest BCUT2D eigenvalue weighted by atomic mass is 10.1. The predicted molar refractivity (Wildman–Crippen MR) is 70.6 cm³/mol. The summed E-state index contributed by atoms with van der Waals surface area (Å²) in [6.45, 7) is 4.49. The van der Waals surface area contributed by atoms with E-state index in [9.17, 15) is 4.79 Å². The zero-order valence-electron chi connectivity index (χ0n) is 11.0. The summed E-state index contributed by atoms with van der Waals surface area (Å²) in [6, 6.07) is 7.73. The average Bonchev–Trinajstić information content (AvgIpc) is 2.35. The second kappa shape index (κ2) is 7.71. The number of aliphatic hydroxyl groups is 1. The van der Waals surface area contributed by atoms with Gasteiger partial charge in [0.15, 0.2) is 0 Å². The van der Waals surface area contributed by atoms with E-state index in [0.29, 0.717) is 26.0 Å². The van der Waals surface area contributed by atoms with Crippen LogP contribution in [0.25, 0.3) is 0 Å². The second-order valence-electron chi connectivity index (χ2n) is 4.19. The number of rotatable bonds is 7. The first kappa shape index (κ1) is 14.5. The summed E-state index contributed by atoms with van der Waals surface area (Å²) >= 11 is 0. The lowest BCUT2D eigenvalue weighted by Crippen LogP contribution is -2.30. The lowest BCUT2D eigenvalue weighted by molar-refractivity contribution is -0.121. The number of benzene rings is 1. The number of carbonyl (C=O) groups excluding carboxylic acids is 1. The van der Waals surface area contributed by atoms with E-state index >= 15 is 0 Å². The van der Waals surface area contributed by atoms with Crippen LogP contribution >= 0.6 is 0 Å². The number of hydrogen-bond donors (Lipinski definition) is 2. The van der Waals surface area contributed by atoms with E-state index in [1.807, 2.05) is 31.2 Å². The molecular weight excluding hydrogens is 230 g/mol. The Labute approximate surface area is 108 Å². The molecule has 4 heteroatoms. The molecule has 4 nitrogen and oxygen atoms in total. The highest BCUT2D eigenvalue weighted by atomic mass is 16.5. The molecule has 0 unspecified atom stereocenters. The molecule has 18 heavy (non-hydrogen) atoms. The maximum absolute atomic E-state index is 11.5. The summed E-state index contributed by atoms with van der Waals surface area (Å²) in [5, 5.41) is 11.7. The van der Waals surface area contributed by atoms with Crippen LogP contribution in [0.3, 0.4) is 0 Å². The van der Waals surface area contributed by atoms with E-state index < -0.39 is 6.10 Å². The van der Waals surface area contributed by atoms with Crippen molar-refractivity contribution in [2.75, 3.05) is 13.2 Å². The summed E-state index contributed by atoms with van der Waals surface area (Å²) in [5.74, 6) is 0.783. The SMILES string of the molecule is CCOc1ccccc1CCC(=O)NC[C@H](C)O. The Bertz CT molecular complexity index is 377. The van der Waals surface area contributed by atoms with Gasteiger partial charge in [-0.15, -0.1) is 0 Å². The Balaban J connectivity index is 2.45. The van der Waals surface area contributed by atoms with Crippen LogP contribution in [0.4, 0.5) is 0 Å². The molecule has 1 aromatic rings. The number of aliphatic hydroxyl groups excluding tert-OH is 1. The van der Waals surface area contributed by atoms with Crippen LogP contribution in [0.15, 0.2) is 24.3 Å². The summed E-state index contributed by atoms with van der Waals surface area (Å²) in [7, 11) is 0. The monoisotopic (exact) mass is 251 g/mol. The largest absolute Gasteiger partial charge is 0.494 e. The highest BCUT2D eigenvalue weighted by Gasteiger charge is 2.07. The number of para-hydroxylation sites is 1. The van der Waals surface area contributed by atoms with Crippen LogP contribution in [0.2, 0.25) is 0 Å². The normalized spacial score (nSPS) is 11.9. The summed E-state index contributed by atoms with van der Waals surface area (Å²) in [6.07, 6.45) is 0.531. The molecule has 2 N–H and O–H groups in total. The minimum absolute atomic E-state index is 0.0535. The molecule has 1 atom stereocenters. The van der Waals surface area contributed by atoms with Crippen molar-refractivity contribution >= 4 is 5.91 Å². The van der Waals surface area contributed by atoms with Gasteiger partial charge >= 0.3 is 0 Å². The van der Waals surface area contributed by atoms with Gasteiger partial charge in [-0.3, -0.25) is 4.79 Å². The van der Waals surface area contributed by atoms with Gasteiger partial charge in [-0.25, -0.2) is 0 Å². The van der Waals surface area contributed by atoms with E-state index in [1.54, 1.807) is 6.92 Å². The van der Waals surface area contributed by atoms with E-state index in [1.165, 1.54) is 0 Å². The van der Waals surface area contributed by atoms with Gasteiger partial charge in [-0.2, -0.15) is 0 Å². The fourth-order valence-corrected chi connectivity index (χ4v) is 1.60. The average molecular weight is 251 g/mol. The second-order valence-corrected chi connectivity index (χ2v) is 4.19. The number of amides is 1. The van der Waals surface area contributed by atoms with E-state index in [-0.39, 0.29) is 5.91 Å². The fourth-order valence-electron chi connectivity index (χ4n) is 1.60. The number of hydrogen-bond acceptors (Lipinski definition) is 3. The molecule has 0 saturated carbocycles. The first-order valence-corrected chi connectivity index (χ1v) is 6.29. The number of ether oxygens (including phenoxy) is 1. The van der Waals surface area contributed by atoms with Crippen molar-refractivity contribution in [1.82, 2.24) is 5.32 Å². The van der Waals surface area contributed by atoms with Crippen LogP contribution in [-0.2, 0) is 11.2 Å². The number of carbonyl (C=O) groups is 1. The molecule has 100 valence electrons. The first-order valence-electron chi connectivity index (χ1n) is 6.29. The number of aryl methyl sites for hydroxylation is 1. The molecule has 0 aliphatic rings. The van der Waals surface area contributed by atoms with Crippen molar-refractivity contribution in [3.05, 3.63) is 29.8 Å². The van der Waals surface area contributed by atoms with Gasteiger partial charge in [0, 0.05) is 13.0 Å². The minimum Gasteiger partial charge on any atom is -0.494 e. The minimum atomic E-state index is -0.510. The Morgan fingerprint density at radius 3 is 2.83 bits per heavy atom. The van der Waals surface area contributed by atoms with E-state index in [0.717, 1.165) is 11.3 Å². The fraction of sp³-hybridized carbons (Fsp3) is 0.500. The van der Waals surface area contributed by atoms with Crippen LogP contribution in [0.1, 0.15) is 25.8 Å². The topological polar surface area (TPSA) is 58.6 Å². The zero-order valence-corrected chi connectivity index (χ0v) is 11.0. The third kappa shape index (κ3) is 5.19. The van der Waals surface area contributed by atoms with Gasteiger partial charge in [-0.05, 0) is 31.9 Å². The number of nitrogens with one attached hydrogen (secondary N) is 1. The molecule has 0 spiro atoms. The zero-order chi connectivity index (χ0) is 13.4. The van der Waals surface area contributed by atoms with Crippen LogP contribution in [0, 0.1) is 0 Å². The molecule has 1 rings (SSSR count). The van der Waals surface area contributed by atoms with Crippen LogP contribution < -0.4 is 10.1 Å². The van der Waals surface area contributed by atoms with Crippen molar-refractivity contribution in [3.8, 4) is 5.75 Å². The van der Waals surface area contributed by atoms with Gasteiger partial charge in [0.1, 0.15) is 5.75 Å². The third-order valence-corrected chi connectivity index (χ3v) is 2.49. The van der Waals surface area contributed by atoms with Crippen molar-refractivity contribution in [3.63, 3.8) is 0 Å². The van der Waals surface area contributed by atoms with Gasteiger partial charge in [-0.1, -0.05) is 18.2 Å². The summed E-state index contributed by atoms with van der Waals surface area (Å²) in [5.41, 5.74) is 1.03. The lowest BCUT2D eigenvalue weighted by Gasteiger charge is -2.10. The van der Waals surface area contributed by atoms with Gasteiger partial charge in [0.05, 0.1) is 12.7 Å². The maximum atomic E-state index is 11.5. The maximum Gasteiger partial charge on any atom is 0.220 e. The standard InChI is InChI=1S/C14H21NO3/c1-3-18-13-7-5-4-6-12(13)8-9-14(17)15-10-11(2)16/h4-7,11,16H,3,8-10H2,1-2H3,(H,15,17)/t11-/m0/s1. The molecule has 0 fully saturated rings. The van der Waals surface area contributed by atoms with Crippen LogP contribution in [0.5, 0.6) is 5.75 Å².